The van der Waals surface area contributed by atoms with Crippen LogP contribution < -0.4 is 5.32 Å². The molecule has 1 aliphatic heterocycles. The summed E-state index contributed by atoms with van der Waals surface area (Å²) in [5.41, 5.74) is -0.435. The number of sulfone groups is 1. The van der Waals surface area contributed by atoms with Gasteiger partial charge in [0.05, 0.1) is 25.2 Å². The van der Waals surface area contributed by atoms with Crippen molar-refractivity contribution in [3.8, 4) is 11.8 Å². The van der Waals surface area contributed by atoms with Gasteiger partial charge in [-0.2, -0.15) is 0 Å². The van der Waals surface area contributed by atoms with Crippen molar-refractivity contribution < 1.29 is 32.6 Å². The highest BCUT2D eigenvalue weighted by atomic mass is 32.2. The third-order valence-electron chi connectivity index (χ3n) is 4.56. The molecular formula is C19H23NO7S. The molecule has 1 heterocycles. The predicted octanol–water partition coefficient (Wildman–Crippen LogP) is -0.104. The van der Waals surface area contributed by atoms with Crippen molar-refractivity contribution in [3.63, 3.8) is 0 Å². The van der Waals surface area contributed by atoms with Crippen LogP contribution in [0.1, 0.15) is 28.8 Å². The summed E-state index contributed by atoms with van der Waals surface area (Å²) < 4.78 is 34.1. The molecule has 0 aromatic heterocycles. The third-order valence-corrected chi connectivity index (χ3v) is 6.32. The van der Waals surface area contributed by atoms with E-state index in [1.807, 2.05) is 0 Å². The number of esters is 1. The van der Waals surface area contributed by atoms with Gasteiger partial charge in [0.2, 0.25) is 0 Å². The first-order chi connectivity index (χ1) is 13.3. The average Bonchev–Trinajstić information content (AvgIpc) is 3.02. The van der Waals surface area contributed by atoms with Gasteiger partial charge in [0.25, 0.3) is 5.91 Å². The Morgan fingerprint density at radius 1 is 1.29 bits per heavy atom. The van der Waals surface area contributed by atoms with Crippen LogP contribution in [0, 0.1) is 11.8 Å². The monoisotopic (exact) mass is 409 g/mol. The van der Waals surface area contributed by atoms with Crippen LogP contribution in [0.15, 0.2) is 24.3 Å². The van der Waals surface area contributed by atoms with Gasteiger partial charge in [0, 0.05) is 24.7 Å². The van der Waals surface area contributed by atoms with Gasteiger partial charge in [-0.25, -0.2) is 13.2 Å². The molecule has 2 unspecified atom stereocenters. The molecule has 28 heavy (non-hydrogen) atoms. The number of carbonyl (C=O) groups is 2. The predicted molar refractivity (Wildman–Crippen MR) is 101 cm³/mol. The molecule has 0 bridgehead atoms. The number of amides is 1. The lowest BCUT2D eigenvalue weighted by Gasteiger charge is -2.33. The van der Waals surface area contributed by atoms with E-state index in [4.69, 9.17) is 14.6 Å². The van der Waals surface area contributed by atoms with E-state index in [9.17, 15) is 18.0 Å². The van der Waals surface area contributed by atoms with Gasteiger partial charge >= 0.3 is 5.97 Å². The first kappa shape index (κ1) is 21.9. The van der Waals surface area contributed by atoms with E-state index in [0.717, 1.165) is 7.11 Å². The van der Waals surface area contributed by atoms with Crippen LogP contribution >= 0.6 is 0 Å². The van der Waals surface area contributed by atoms with Gasteiger partial charge in [-0.1, -0.05) is 11.8 Å². The molecule has 1 aliphatic rings. The first-order valence-corrected chi connectivity index (χ1v) is 10.4. The van der Waals surface area contributed by atoms with Crippen LogP contribution in [0.5, 0.6) is 0 Å². The molecule has 0 radical (unpaired) electrons. The molecule has 0 aliphatic carbocycles. The van der Waals surface area contributed by atoms with Gasteiger partial charge < -0.3 is 19.9 Å². The molecule has 0 spiro atoms. The van der Waals surface area contributed by atoms with Crippen LogP contribution in [0.2, 0.25) is 0 Å². The maximum absolute atomic E-state index is 12.6. The van der Waals surface area contributed by atoms with E-state index in [-0.39, 0.29) is 30.1 Å². The Labute approximate surface area is 164 Å². The van der Waals surface area contributed by atoms with Gasteiger partial charge in [0.1, 0.15) is 5.60 Å². The van der Waals surface area contributed by atoms with Gasteiger partial charge in [0.15, 0.2) is 15.9 Å². The number of aliphatic hydroxyl groups is 1. The molecule has 0 saturated carbocycles. The van der Waals surface area contributed by atoms with Crippen molar-refractivity contribution in [2.45, 2.75) is 24.5 Å². The molecule has 2 atom stereocenters. The van der Waals surface area contributed by atoms with Gasteiger partial charge in [-0.3, -0.25) is 4.79 Å². The number of rotatable bonds is 6. The Morgan fingerprint density at radius 3 is 2.46 bits per heavy atom. The number of methoxy groups -OCH3 is 2. The number of ether oxygens (including phenoxy) is 2. The number of hydrogen-bond donors (Lipinski definition) is 2. The molecule has 1 amide bonds. The maximum atomic E-state index is 12.6. The van der Waals surface area contributed by atoms with Crippen LogP contribution in [0.3, 0.4) is 0 Å². The molecule has 1 aromatic carbocycles. The SMILES string of the molecule is COC(=O)C(NC(=O)c1ccc(C#CCCO)cc1)C1(OC)CCS(=O)(=O)C1. The zero-order valence-corrected chi connectivity index (χ0v) is 16.5. The lowest BCUT2D eigenvalue weighted by Crippen LogP contribution is -2.59. The zero-order valence-electron chi connectivity index (χ0n) is 15.7. The lowest BCUT2D eigenvalue weighted by atomic mass is 9.92. The molecule has 9 heteroatoms. The number of carbonyl (C=O) groups excluding carboxylic acids is 2. The minimum atomic E-state index is -3.39. The van der Waals surface area contributed by atoms with E-state index in [2.05, 4.69) is 17.2 Å². The molecule has 1 aromatic rings. The van der Waals surface area contributed by atoms with Crippen molar-refractivity contribution in [1.82, 2.24) is 5.32 Å². The Morgan fingerprint density at radius 2 is 1.96 bits per heavy atom. The molecule has 2 rings (SSSR count). The van der Waals surface area contributed by atoms with Crippen molar-refractivity contribution >= 4 is 21.7 Å². The van der Waals surface area contributed by atoms with E-state index >= 15 is 0 Å². The average molecular weight is 409 g/mol. The standard InChI is InChI=1S/C19H23NO7S/c1-26-18(23)16(19(27-2)10-12-28(24,25)13-19)20-17(22)15-8-6-14(7-9-15)5-3-4-11-21/h6-9,16,21H,4,10-13H2,1-2H3,(H,20,22). The summed E-state index contributed by atoms with van der Waals surface area (Å²) in [6.07, 6.45) is 0.427. The molecule has 1 fully saturated rings. The lowest BCUT2D eigenvalue weighted by molar-refractivity contribution is -0.151. The van der Waals surface area contributed by atoms with E-state index in [1.54, 1.807) is 12.1 Å². The number of aliphatic hydroxyl groups excluding tert-OH is 1. The molecular weight excluding hydrogens is 386 g/mol. The molecule has 2 N–H and O–H groups in total. The summed E-state index contributed by atoms with van der Waals surface area (Å²) in [7, 11) is -0.918. The minimum Gasteiger partial charge on any atom is -0.467 e. The summed E-state index contributed by atoms with van der Waals surface area (Å²) in [5.74, 6) is 3.77. The van der Waals surface area contributed by atoms with E-state index in [0.29, 0.717) is 12.0 Å². The summed E-state index contributed by atoms with van der Waals surface area (Å²) in [6, 6.07) is 5.09. The highest BCUT2D eigenvalue weighted by molar-refractivity contribution is 7.91. The van der Waals surface area contributed by atoms with Crippen LogP contribution in [-0.4, -0.2) is 69.4 Å². The Bertz CT molecular complexity index is 883. The number of hydrogen-bond acceptors (Lipinski definition) is 7. The Balaban J connectivity index is 2.22. The third kappa shape index (κ3) is 5.10. The smallest absolute Gasteiger partial charge is 0.331 e. The van der Waals surface area contributed by atoms with Crippen molar-refractivity contribution in [3.05, 3.63) is 35.4 Å². The molecule has 1 saturated heterocycles. The number of nitrogens with one attached hydrogen (secondary N) is 1. The second-order valence-corrected chi connectivity index (χ2v) is 8.58. The Kier molecular flexibility index (Phi) is 7.18. The number of benzene rings is 1. The van der Waals surface area contributed by atoms with Gasteiger partial charge in [-0.15, -0.1) is 0 Å². The van der Waals surface area contributed by atoms with Crippen LogP contribution in [-0.2, 0) is 24.1 Å². The van der Waals surface area contributed by atoms with E-state index in [1.165, 1.54) is 19.2 Å². The second kappa shape index (κ2) is 9.19. The zero-order chi connectivity index (χ0) is 20.8. The maximum Gasteiger partial charge on any atom is 0.331 e. The summed E-state index contributed by atoms with van der Waals surface area (Å²) in [5, 5.41) is 11.3. The minimum absolute atomic E-state index is 0.0284. The fourth-order valence-electron chi connectivity index (χ4n) is 3.01. The summed E-state index contributed by atoms with van der Waals surface area (Å²) >= 11 is 0. The van der Waals surface area contributed by atoms with Crippen LogP contribution in [0.25, 0.3) is 0 Å². The normalized spacial score (nSPS) is 21.2. The van der Waals surface area contributed by atoms with Crippen molar-refractivity contribution in [2.24, 2.45) is 0 Å². The highest BCUT2D eigenvalue weighted by Crippen LogP contribution is 2.31. The molecule has 8 nitrogen and oxygen atoms in total. The fourth-order valence-corrected chi connectivity index (χ4v) is 4.99. The summed E-state index contributed by atoms with van der Waals surface area (Å²) in [6.45, 7) is -0.0284. The summed E-state index contributed by atoms with van der Waals surface area (Å²) in [4.78, 5) is 24.9. The topological polar surface area (TPSA) is 119 Å². The first-order valence-electron chi connectivity index (χ1n) is 8.61. The Hall–Kier alpha value is -2.41. The fraction of sp³-hybridized carbons (Fsp3) is 0.474. The molecule has 152 valence electrons. The largest absolute Gasteiger partial charge is 0.467 e. The van der Waals surface area contributed by atoms with Crippen molar-refractivity contribution in [1.29, 1.82) is 0 Å². The van der Waals surface area contributed by atoms with Crippen molar-refractivity contribution in [2.75, 3.05) is 32.3 Å². The quantitative estimate of drug-likeness (QED) is 0.497. The van der Waals surface area contributed by atoms with Gasteiger partial charge in [-0.05, 0) is 30.7 Å². The van der Waals surface area contributed by atoms with Crippen LogP contribution in [0.4, 0.5) is 0 Å². The second-order valence-electron chi connectivity index (χ2n) is 6.39. The highest BCUT2D eigenvalue weighted by Gasteiger charge is 2.52. The van der Waals surface area contributed by atoms with E-state index < -0.39 is 33.4 Å².